The van der Waals surface area contributed by atoms with Crippen molar-refractivity contribution in [2.45, 2.75) is 96.9 Å². The monoisotopic (exact) mass is 426 g/mol. The summed E-state index contributed by atoms with van der Waals surface area (Å²) in [4.78, 5) is 12.7. The van der Waals surface area contributed by atoms with Crippen LogP contribution in [0.25, 0.3) is 0 Å². The molecule has 6 rings (SSSR count). The van der Waals surface area contributed by atoms with Crippen LogP contribution < -0.4 is 0 Å². The molecular weight excluding hydrogens is 384 g/mol. The Morgan fingerprint density at radius 1 is 1.03 bits per heavy atom. The Kier molecular flexibility index (Phi) is 4.98. The molecule has 172 valence electrons. The molecule has 3 heteroatoms. The molecule has 2 unspecified atom stereocenters. The average Bonchev–Trinajstić information content (AvgIpc) is 3.09. The Morgan fingerprint density at radius 3 is 2.48 bits per heavy atom. The summed E-state index contributed by atoms with van der Waals surface area (Å²) in [6, 6.07) is 0. The van der Waals surface area contributed by atoms with Crippen molar-refractivity contribution in [1.82, 2.24) is 0 Å². The van der Waals surface area contributed by atoms with Crippen molar-refractivity contribution >= 4 is 0 Å². The van der Waals surface area contributed by atoms with Crippen LogP contribution in [0.15, 0.2) is 36.5 Å². The van der Waals surface area contributed by atoms with Crippen molar-refractivity contribution in [2.75, 3.05) is 0 Å². The molecule has 2 heterocycles. The maximum Gasteiger partial charge on any atom is 0.130 e. The molecule has 2 aliphatic heterocycles. The molecule has 10 atom stereocenters. The summed E-state index contributed by atoms with van der Waals surface area (Å²) < 4.78 is 0. The van der Waals surface area contributed by atoms with E-state index < -0.39 is 5.60 Å². The molecule has 0 radical (unpaired) electrons. The van der Waals surface area contributed by atoms with Gasteiger partial charge in [-0.15, -0.1) is 0 Å². The second-order valence-corrected chi connectivity index (χ2v) is 12.3. The van der Waals surface area contributed by atoms with E-state index in [1.54, 1.807) is 0 Å². The van der Waals surface area contributed by atoms with Crippen LogP contribution in [0.5, 0.6) is 0 Å². The minimum atomic E-state index is -0.447. The maximum absolute atomic E-state index is 10.4. The Morgan fingerprint density at radius 2 is 1.81 bits per heavy atom. The summed E-state index contributed by atoms with van der Waals surface area (Å²) in [5.74, 6) is 2.65. The molecule has 2 spiro atoms. The first-order valence-electron chi connectivity index (χ1n) is 12.7. The van der Waals surface area contributed by atoms with E-state index in [1.807, 2.05) is 0 Å². The summed E-state index contributed by atoms with van der Waals surface area (Å²) in [7, 11) is 0. The van der Waals surface area contributed by atoms with Gasteiger partial charge in [0.05, 0.1) is 6.10 Å². The van der Waals surface area contributed by atoms with Crippen LogP contribution in [-0.4, -0.2) is 22.4 Å². The van der Waals surface area contributed by atoms with Gasteiger partial charge in [-0.05, 0) is 74.7 Å². The van der Waals surface area contributed by atoms with E-state index in [-0.39, 0.29) is 22.5 Å². The zero-order chi connectivity index (χ0) is 22.2. The van der Waals surface area contributed by atoms with Crippen LogP contribution in [-0.2, 0) is 9.78 Å². The fraction of sp³-hybridized carbons (Fsp3) is 0.786. The van der Waals surface area contributed by atoms with Gasteiger partial charge in [-0.1, -0.05) is 58.1 Å². The Labute approximate surface area is 188 Å². The molecule has 1 saturated heterocycles. The fourth-order valence-corrected chi connectivity index (χ4v) is 8.64. The predicted molar refractivity (Wildman–Crippen MR) is 124 cm³/mol. The van der Waals surface area contributed by atoms with Gasteiger partial charge in [-0.3, -0.25) is 0 Å². The minimum Gasteiger partial charge on any atom is -0.393 e. The summed E-state index contributed by atoms with van der Waals surface area (Å²) in [5, 5.41) is 10.4. The summed E-state index contributed by atoms with van der Waals surface area (Å²) in [6.07, 6.45) is 16.7. The summed E-state index contributed by atoms with van der Waals surface area (Å²) in [6.45, 7) is 15.8. The minimum absolute atomic E-state index is 0.0566. The molecular formula is C28H42O3. The van der Waals surface area contributed by atoms with Crippen LogP contribution in [0, 0.1) is 40.4 Å². The number of rotatable bonds is 4. The highest BCUT2D eigenvalue weighted by molar-refractivity contribution is 5.33. The third-order valence-electron chi connectivity index (χ3n) is 10.8. The molecule has 0 amide bonds. The van der Waals surface area contributed by atoms with E-state index >= 15 is 0 Å². The highest BCUT2D eigenvalue weighted by atomic mass is 17.2. The van der Waals surface area contributed by atoms with Crippen molar-refractivity contribution in [1.29, 1.82) is 0 Å². The van der Waals surface area contributed by atoms with Crippen molar-refractivity contribution in [3.63, 3.8) is 0 Å². The summed E-state index contributed by atoms with van der Waals surface area (Å²) >= 11 is 0. The Bertz CT molecular complexity index is 815. The lowest BCUT2D eigenvalue weighted by molar-refractivity contribution is -0.497. The van der Waals surface area contributed by atoms with E-state index in [4.69, 9.17) is 9.78 Å². The van der Waals surface area contributed by atoms with E-state index in [9.17, 15) is 5.11 Å². The van der Waals surface area contributed by atoms with Crippen LogP contribution in [0.2, 0.25) is 0 Å². The van der Waals surface area contributed by atoms with Gasteiger partial charge in [0.15, 0.2) is 0 Å². The molecule has 2 bridgehead atoms. The normalized spacial score (nSPS) is 52.5. The largest absolute Gasteiger partial charge is 0.393 e. The van der Waals surface area contributed by atoms with Gasteiger partial charge in [0.25, 0.3) is 0 Å². The second-order valence-electron chi connectivity index (χ2n) is 12.3. The molecule has 1 N–H and O–H groups in total. The van der Waals surface area contributed by atoms with Gasteiger partial charge >= 0.3 is 0 Å². The number of aliphatic hydroxyl groups excluding tert-OH is 1. The molecule has 4 aliphatic carbocycles. The smallest absolute Gasteiger partial charge is 0.130 e. The number of allylic oxidation sites excluding steroid dienone is 3. The van der Waals surface area contributed by atoms with Crippen LogP contribution in [0.1, 0.15) is 79.6 Å². The Hall–Kier alpha value is -0.900. The maximum atomic E-state index is 10.4. The SMILES string of the molecule is C=C(C)[C@@H](C)/C=C/[C@@H](C)[C@H]1CCC2[C@@]34C=C[C@]5(C[C@@H](O)CC[C@]5(C)C3CC[C@@]21C)OO4. The van der Waals surface area contributed by atoms with Gasteiger partial charge < -0.3 is 5.11 Å². The van der Waals surface area contributed by atoms with Gasteiger partial charge in [-0.25, -0.2) is 9.78 Å². The lowest BCUT2D eigenvalue weighted by Gasteiger charge is -2.69. The van der Waals surface area contributed by atoms with Gasteiger partial charge in [0, 0.05) is 23.7 Å². The molecule has 4 fully saturated rings. The first-order valence-corrected chi connectivity index (χ1v) is 12.7. The quantitative estimate of drug-likeness (QED) is 0.418. The third-order valence-corrected chi connectivity index (χ3v) is 10.8. The van der Waals surface area contributed by atoms with Crippen molar-refractivity contribution in [3.8, 4) is 0 Å². The zero-order valence-electron chi connectivity index (χ0n) is 20.2. The van der Waals surface area contributed by atoms with Crippen LogP contribution in [0.3, 0.4) is 0 Å². The molecule has 6 aliphatic rings. The van der Waals surface area contributed by atoms with E-state index in [0.29, 0.717) is 36.0 Å². The third kappa shape index (κ3) is 2.82. The topological polar surface area (TPSA) is 38.7 Å². The number of hydrogen-bond acceptors (Lipinski definition) is 3. The van der Waals surface area contributed by atoms with Crippen molar-refractivity contribution < 1.29 is 14.9 Å². The molecule has 0 aromatic heterocycles. The predicted octanol–water partition coefficient (Wildman–Crippen LogP) is 6.39. The van der Waals surface area contributed by atoms with E-state index in [1.165, 1.54) is 31.3 Å². The van der Waals surface area contributed by atoms with Crippen LogP contribution in [0.4, 0.5) is 0 Å². The molecule has 3 nitrogen and oxygen atoms in total. The lowest BCUT2D eigenvalue weighted by atomic mass is 9.43. The average molecular weight is 427 g/mol. The van der Waals surface area contributed by atoms with Gasteiger partial charge in [0.2, 0.25) is 0 Å². The van der Waals surface area contributed by atoms with Crippen molar-refractivity contribution in [2.24, 2.45) is 40.4 Å². The first kappa shape index (κ1) is 21.9. The molecule has 3 saturated carbocycles. The highest BCUT2D eigenvalue weighted by Gasteiger charge is 2.74. The summed E-state index contributed by atoms with van der Waals surface area (Å²) in [5.41, 5.74) is 0.809. The zero-order valence-corrected chi connectivity index (χ0v) is 20.2. The van der Waals surface area contributed by atoms with Crippen LogP contribution >= 0.6 is 0 Å². The molecule has 0 aromatic carbocycles. The first-order chi connectivity index (χ1) is 14.6. The molecule has 0 aromatic rings. The van der Waals surface area contributed by atoms with E-state index in [2.05, 4.69) is 65.5 Å². The second kappa shape index (κ2) is 7.05. The van der Waals surface area contributed by atoms with Gasteiger partial charge in [0.1, 0.15) is 11.2 Å². The fourth-order valence-electron chi connectivity index (χ4n) is 8.64. The Balaban J connectivity index is 1.46. The standard InChI is InChI=1S/C28H42O3/c1-18(2)19(3)7-8-20(4)22-9-10-23-25(22,5)13-12-24-26(6)14-11-21(29)17-27(26)15-16-28(23,24)31-30-27/h7-8,15-16,19-24,29H,1,9-14,17H2,2-6H3/b8-7+/t19-,20+,21-,22+,23?,24?,25+,26+,27+,28-/m0/s1. The number of aliphatic hydroxyl groups is 1. The van der Waals surface area contributed by atoms with Gasteiger partial charge in [-0.2, -0.15) is 0 Å². The number of fused-ring (bicyclic) bond motifs is 2. The van der Waals surface area contributed by atoms with E-state index in [0.717, 1.165) is 12.8 Å². The highest BCUT2D eigenvalue weighted by Crippen LogP contribution is 2.72. The van der Waals surface area contributed by atoms with Crippen molar-refractivity contribution in [3.05, 3.63) is 36.5 Å². The lowest BCUT2D eigenvalue weighted by Crippen LogP contribution is -2.73. The molecule has 31 heavy (non-hydrogen) atoms. The number of hydrogen-bond donors (Lipinski definition) is 1.